The Kier molecular flexibility index (Phi) is 4.67. The van der Waals surface area contributed by atoms with E-state index in [1.807, 2.05) is 37.3 Å². The lowest BCUT2D eigenvalue weighted by Crippen LogP contribution is -2.01. The van der Waals surface area contributed by atoms with Crippen LogP contribution in [0.25, 0.3) is 6.08 Å². The van der Waals surface area contributed by atoms with E-state index in [2.05, 4.69) is 9.99 Å². The highest BCUT2D eigenvalue weighted by Crippen LogP contribution is 2.28. The summed E-state index contributed by atoms with van der Waals surface area (Å²) in [6.07, 6.45) is 1.70. The molecule has 0 radical (unpaired) electrons. The Morgan fingerprint density at radius 2 is 1.92 bits per heavy atom. The minimum absolute atomic E-state index is 0.430. The Morgan fingerprint density at radius 3 is 2.54 bits per heavy atom. The SMILES string of the molecule is CC1=NOC(=O)/C1=C/c1ccc(OCc2ccc(C)cc2)c(Cl)c1. The molecule has 0 saturated carbocycles. The lowest BCUT2D eigenvalue weighted by atomic mass is 10.1. The van der Waals surface area contributed by atoms with Gasteiger partial charge in [-0.1, -0.05) is 52.7 Å². The normalized spacial score (nSPS) is 15.4. The van der Waals surface area contributed by atoms with Gasteiger partial charge in [-0.25, -0.2) is 4.79 Å². The number of benzene rings is 2. The largest absolute Gasteiger partial charge is 0.487 e. The standard InChI is InChI=1S/C19H16ClNO3/c1-12-3-5-14(6-4-12)11-23-18-8-7-15(10-17(18)20)9-16-13(2)21-24-19(16)22/h3-10H,11H2,1-2H3/b16-9+. The average molecular weight is 342 g/mol. The number of nitrogens with zero attached hydrogens (tertiary/aromatic N) is 1. The fourth-order valence-electron chi connectivity index (χ4n) is 2.26. The van der Waals surface area contributed by atoms with Crippen LogP contribution in [0.15, 0.2) is 53.2 Å². The van der Waals surface area contributed by atoms with Gasteiger partial charge in [0.15, 0.2) is 0 Å². The minimum atomic E-state index is -0.455. The molecule has 0 N–H and O–H groups in total. The van der Waals surface area contributed by atoms with Gasteiger partial charge in [0.2, 0.25) is 0 Å². The van der Waals surface area contributed by atoms with Gasteiger partial charge in [-0.3, -0.25) is 0 Å². The van der Waals surface area contributed by atoms with Crippen molar-refractivity contribution in [3.63, 3.8) is 0 Å². The van der Waals surface area contributed by atoms with Crippen LogP contribution in [0, 0.1) is 6.92 Å². The average Bonchev–Trinajstić information content (AvgIpc) is 2.87. The van der Waals surface area contributed by atoms with Gasteiger partial charge in [-0.15, -0.1) is 0 Å². The third-order valence-electron chi connectivity index (χ3n) is 3.66. The van der Waals surface area contributed by atoms with Crippen molar-refractivity contribution in [1.82, 2.24) is 0 Å². The van der Waals surface area contributed by atoms with Crippen molar-refractivity contribution in [2.24, 2.45) is 5.16 Å². The summed E-state index contributed by atoms with van der Waals surface area (Å²) in [7, 11) is 0. The Bertz CT molecular complexity index is 838. The highest BCUT2D eigenvalue weighted by atomic mass is 35.5. The van der Waals surface area contributed by atoms with Crippen molar-refractivity contribution in [3.05, 3.63) is 69.8 Å². The molecule has 0 saturated heterocycles. The van der Waals surface area contributed by atoms with E-state index < -0.39 is 5.97 Å². The van der Waals surface area contributed by atoms with Gasteiger partial charge >= 0.3 is 5.97 Å². The van der Waals surface area contributed by atoms with Gasteiger partial charge in [0.1, 0.15) is 12.4 Å². The molecule has 0 aromatic heterocycles. The smallest absolute Gasteiger partial charge is 0.367 e. The zero-order valence-electron chi connectivity index (χ0n) is 13.4. The van der Waals surface area contributed by atoms with Crippen molar-refractivity contribution in [3.8, 4) is 5.75 Å². The van der Waals surface area contributed by atoms with Crippen LogP contribution in [0.4, 0.5) is 0 Å². The van der Waals surface area contributed by atoms with E-state index in [-0.39, 0.29) is 0 Å². The molecular weight excluding hydrogens is 326 g/mol. The molecule has 0 aliphatic carbocycles. The molecule has 0 spiro atoms. The quantitative estimate of drug-likeness (QED) is 0.605. The van der Waals surface area contributed by atoms with Gasteiger partial charge in [-0.05, 0) is 43.2 Å². The summed E-state index contributed by atoms with van der Waals surface area (Å²) >= 11 is 6.28. The molecule has 1 heterocycles. The number of carbonyl (C=O) groups is 1. The molecule has 0 atom stereocenters. The highest BCUT2D eigenvalue weighted by Gasteiger charge is 2.21. The molecule has 0 fully saturated rings. The van der Waals surface area contributed by atoms with Crippen LogP contribution in [-0.4, -0.2) is 11.7 Å². The summed E-state index contributed by atoms with van der Waals surface area (Å²) in [6.45, 7) is 4.21. The summed E-state index contributed by atoms with van der Waals surface area (Å²) in [5.41, 5.74) is 4.04. The third-order valence-corrected chi connectivity index (χ3v) is 3.95. The molecule has 2 aromatic carbocycles. The van der Waals surface area contributed by atoms with Gasteiger partial charge in [0.05, 0.1) is 16.3 Å². The fourth-order valence-corrected chi connectivity index (χ4v) is 2.50. The van der Waals surface area contributed by atoms with Gasteiger partial charge in [-0.2, -0.15) is 0 Å². The Balaban J connectivity index is 1.73. The number of hydrogen-bond acceptors (Lipinski definition) is 4. The van der Waals surface area contributed by atoms with Crippen LogP contribution in [0.2, 0.25) is 5.02 Å². The van der Waals surface area contributed by atoms with Crippen LogP contribution >= 0.6 is 11.6 Å². The number of halogens is 1. The van der Waals surface area contributed by atoms with Crippen LogP contribution in [0.5, 0.6) is 5.75 Å². The molecular formula is C19H16ClNO3. The van der Waals surface area contributed by atoms with Gasteiger partial charge in [0, 0.05) is 0 Å². The summed E-state index contributed by atoms with van der Waals surface area (Å²) in [5, 5.41) is 4.13. The zero-order valence-corrected chi connectivity index (χ0v) is 14.1. The Hall–Kier alpha value is -2.59. The molecule has 0 bridgehead atoms. The second-order valence-corrected chi connectivity index (χ2v) is 5.98. The first-order valence-corrected chi connectivity index (χ1v) is 7.86. The van der Waals surface area contributed by atoms with Gasteiger partial charge < -0.3 is 9.57 Å². The zero-order chi connectivity index (χ0) is 17.1. The summed E-state index contributed by atoms with van der Waals surface area (Å²) in [4.78, 5) is 16.2. The molecule has 4 nitrogen and oxygen atoms in total. The Morgan fingerprint density at radius 1 is 1.17 bits per heavy atom. The molecule has 1 aliphatic heterocycles. The maximum atomic E-state index is 11.6. The molecule has 122 valence electrons. The summed E-state index contributed by atoms with van der Waals surface area (Å²) in [6, 6.07) is 13.5. The fraction of sp³-hybridized carbons (Fsp3) is 0.158. The third kappa shape index (κ3) is 3.66. The number of ether oxygens (including phenoxy) is 1. The maximum Gasteiger partial charge on any atom is 0.367 e. The number of rotatable bonds is 4. The maximum absolute atomic E-state index is 11.6. The lowest BCUT2D eigenvalue weighted by Gasteiger charge is -2.09. The second-order valence-electron chi connectivity index (χ2n) is 5.58. The minimum Gasteiger partial charge on any atom is -0.487 e. The molecule has 0 amide bonds. The second kappa shape index (κ2) is 6.89. The van der Waals surface area contributed by atoms with Crippen molar-refractivity contribution < 1.29 is 14.4 Å². The van der Waals surface area contributed by atoms with Crippen molar-refractivity contribution >= 4 is 29.4 Å². The first kappa shape index (κ1) is 16.3. The van der Waals surface area contributed by atoms with Crippen molar-refractivity contribution in [2.75, 3.05) is 0 Å². The van der Waals surface area contributed by atoms with E-state index in [9.17, 15) is 4.79 Å². The van der Waals surface area contributed by atoms with Crippen molar-refractivity contribution in [2.45, 2.75) is 20.5 Å². The van der Waals surface area contributed by atoms with Crippen LogP contribution in [0.3, 0.4) is 0 Å². The molecule has 2 aromatic rings. The highest BCUT2D eigenvalue weighted by molar-refractivity contribution is 6.32. The van der Waals surface area contributed by atoms with E-state index in [1.54, 1.807) is 25.1 Å². The van der Waals surface area contributed by atoms with Crippen LogP contribution < -0.4 is 4.74 Å². The van der Waals surface area contributed by atoms with Crippen LogP contribution in [0.1, 0.15) is 23.6 Å². The molecule has 0 unspecified atom stereocenters. The number of carbonyl (C=O) groups excluding carboxylic acids is 1. The predicted octanol–water partition coefficient (Wildman–Crippen LogP) is 4.54. The number of hydrogen-bond donors (Lipinski definition) is 0. The predicted molar refractivity (Wildman–Crippen MR) is 94.1 cm³/mol. The van der Waals surface area contributed by atoms with E-state index in [0.29, 0.717) is 28.7 Å². The Labute approximate surface area is 145 Å². The monoisotopic (exact) mass is 341 g/mol. The topological polar surface area (TPSA) is 47.9 Å². The summed E-state index contributed by atoms with van der Waals surface area (Å²) in [5.74, 6) is 0.141. The summed E-state index contributed by atoms with van der Waals surface area (Å²) < 4.78 is 5.76. The van der Waals surface area contributed by atoms with E-state index in [0.717, 1.165) is 11.1 Å². The molecule has 1 aliphatic rings. The first-order chi connectivity index (χ1) is 11.5. The van der Waals surface area contributed by atoms with Gasteiger partial charge in [0.25, 0.3) is 0 Å². The molecule has 24 heavy (non-hydrogen) atoms. The number of aryl methyl sites for hydroxylation is 1. The van der Waals surface area contributed by atoms with E-state index >= 15 is 0 Å². The first-order valence-electron chi connectivity index (χ1n) is 7.49. The van der Waals surface area contributed by atoms with E-state index in [1.165, 1.54) is 5.56 Å². The van der Waals surface area contributed by atoms with E-state index in [4.69, 9.17) is 16.3 Å². The number of oxime groups is 1. The molecule has 5 heteroatoms. The molecule has 3 rings (SSSR count). The lowest BCUT2D eigenvalue weighted by molar-refractivity contribution is -0.136. The van der Waals surface area contributed by atoms with Crippen LogP contribution in [-0.2, 0) is 16.2 Å². The van der Waals surface area contributed by atoms with Crippen molar-refractivity contribution in [1.29, 1.82) is 0 Å².